The molecule has 8 heteroatoms. The van der Waals surface area contributed by atoms with E-state index < -0.39 is 28.1 Å². The largest absolute Gasteiger partial charge is 0.466 e. The lowest BCUT2D eigenvalue weighted by atomic mass is 10.2. The van der Waals surface area contributed by atoms with Crippen molar-refractivity contribution in [1.82, 2.24) is 4.72 Å². The monoisotopic (exact) mass is 377 g/mol. The van der Waals surface area contributed by atoms with E-state index in [0.717, 1.165) is 5.56 Å². The second-order valence-electron chi connectivity index (χ2n) is 5.41. The molecule has 2 aromatic carbocycles. The van der Waals surface area contributed by atoms with Gasteiger partial charge in [0.2, 0.25) is 10.0 Å². The van der Waals surface area contributed by atoms with Crippen LogP contribution in [0.15, 0.2) is 59.5 Å². The fraction of sp³-hybridized carbons (Fsp3) is 0.222. The molecule has 26 heavy (non-hydrogen) atoms. The fourth-order valence-electron chi connectivity index (χ4n) is 2.09. The smallest absolute Gasteiger partial charge is 0.346 e. The van der Waals surface area contributed by atoms with Gasteiger partial charge in [-0.2, -0.15) is 0 Å². The molecular formula is C18H19NO6S. The van der Waals surface area contributed by atoms with Crippen molar-refractivity contribution >= 4 is 22.0 Å². The first-order valence-electron chi connectivity index (χ1n) is 7.76. The Hall–Kier alpha value is -2.71. The van der Waals surface area contributed by atoms with Crippen molar-refractivity contribution in [2.45, 2.75) is 24.5 Å². The van der Waals surface area contributed by atoms with E-state index in [4.69, 9.17) is 4.74 Å². The molecule has 1 N–H and O–H groups in total. The molecule has 0 amide bonds. The lowest BCUT2D eigenvalue weighted by molar-refractivity contribution is -0.149. The minimum atomic E-state index is -3.81. The maximum atomic E-state index is 12.4. The molecule has 2 rings (SSSR count). The number of sulfonamides is 1. The highest BCUT2D eigenvalue weighted by Crippen LogP contribution is 2.14. The number of carbonyl (C=O) groups is 2. The van der Waals surface area contributed by atoms with Crippen LogP contribution in [0.3, 0.4) is 0 Å². The molecule has 0 aliphatic carbocycles. The van der Waals surface area contributed by atoms with E-state index in [1.807, 2.05) is 18.2 Å². The molecule has 0 aliphatic rings. The van der Waals surface area contributed by atoms with E-state index in [1.54, 1.807) is 12.1 Å². The number of benzene rings is 2. The Labute approximate surface area is 152 Å². The molecule has 0 spiro atoms. The van der Waals surface area contributed by atoms with Crippen molar-refractivity contribution < 1.29 is 27.5 Å². The lowest BCUT2D eigenvalue weighted by Gasteiger charge is -2.12. The molecule has 0 bridgehead atoms. The van der Waals surface area contributed by atoms with Crippen molar-refractivity contribution in [2.75, 3.05) is 7.11 Å². The molecule has 0 saturated heterocycles. The van der Waals surface area contributed by atoms with Crippen LogP contribution in [0, 0.1) is 0 Å². The Bertz CT molecular complexity index is 880. The molecule has 138 valence electrons. The average Bonchev–Trinajstić information content (AvgIpc) is 2.66. The zero-order chi connectivity index (χ0) is 19.2. The van der Waals surface area contributed by atoms with Gasteiger partial charge >= 0.3 is 11.9 Å². The SMILES string of the molecule is COC(=O)[C@H](C)OC(=O)c1cccc(S(=O)(=O)NCc2ccccc2)c1. The van der Waals surface area contributed by atoms with E-state index in [2.05, 4.69) is 9.46 Å². The van der Waals surface area contributed by atoms with Gasteiger partial charge in [0, 0.05) is 6.54 Å². The predicted octanol–water partition coefficient (Wildman–Crippen LogP) is 1.88. The molecule has 0 fully saturated rings. The lowest BCUT2D eigenvalue weighted by Crippen LogP contribution is -2.26. The third-order valence-electron chi connectivity index (χ3n) is 3.51. The molecule has 0 heterocycles. The first-order valence-corrected chi connectivity index (χ1v) is 9.24. The van der Waals surface area contributed by atoms with E-state index in [1.165, 1.54) is 38.3 Å². The Balaban J connectivity index is 2.11. The van der Waals surface area contributed by atoms with Gasteiger partial charge < -0.3 is 9.47 Å². The van der Waals surface area contributed by atoms with E-state index >= 15 is 0 Å². The molecule has 7 nitrogen and oxygen atoms in total. The van der Waals surface area contributed by atoms with Crippen molar-refractivity contribution in [2.24, 2.45) is 0 Å². The van der Waals surface area contributed by atoms with Gasteiger partial charge in [-0.25, -0.2) is 22.7 Å². The van der Waals surface area contributed by atoms with Gasteiger partial charge in [0.1, 0.15) is 0 Å². The van der Waals surface area contributed by atoms with Gasteiger partial charge in [-0.1, -0.05) is 36.4 Å². The summed E-state index contributed by atoms with van der Waals surface area (Å²) in [7, 11) is -2.63. The van der Waals surface area contributed by atoms with Gasteiger partial charge in [-0.3, -0.25) is 0 Å². The van der Waals surface area contributed by atoms with Gasteiger partial charge in [0.25, 0.3) is 0 Å². The summed E-state index contributed by atoms with van der Waals surface area (Å²) in [5.41, 5.74) is 0.821. The van der Waals surface area contributed by atoms with Crippen molar-refractivity contribution in [3.05, 3.63) is 65.7 Å². The van der Waals surface area contributed by atoms with Crippen molar-refractivity contribution in [1.29, 1.82) is 0 Å². The van der Waals surface area contributed by atoms with Gasteiger partial charge in [-0.05, 0) is 30.7 Å². The van der Waals surface area contributed by atoms with Crippen LogP contribution in [0.4, 0.5) is 0 Å². The molecule has 0 unspecified atom stereocenters. The summed E-state index contributed by atoms with van der Waals surface area (Å²) < 4.78 is 36.7. The topological polar surface area (TPSA) is 98.8 Å². The number of ether oxygens (including phenoxy) is 2. The van der Waals surface area contributed by atoms with Crippen LogP contribution < -0.4 is 4.72 Å². The summed E-state index contributed by atoms with van der Waals surface area (Å²) in [5, 5.41) is 0. The van der Waals surface area contributed by atoms with E-state index in [0.29, 0.717) is 0 Å². The highest BCUT2D eigenvalue weighted by atomic mass is 32.2. The van der Waals surface area contributed by atoms with Crippen LogP contribution in [-0.4, -0.2) is 33.6 Å². The molecule has 2 aromatic rings. The third kappa shape index (κ3) is 5.14. The summed E-state index contributed by atoms with van der Waals surface area (Å²) >= 11 is 0. The van der Waals surface area contributed by atoms with Crippen LogP contribution in [0.25, 0.3) is 0 Å². The van der Waals surface area contributed by atoms with Gasteiger partial charge in [-0.15, -0.1) is 0 Å². The number of hydrogen-bond acceptors (Lipinski definition) is 6. The number of methoxy groups -OCH3 is 1. The standard InChI is InChI=1S/C18H19NO6S/c1-13(17(20)24-2)25-18(21)15-9-6-10-16(11-15)26(22,23)19-12-14-7-4-3-5-8-14/h3-11,13,19H,12H2,1-2H3/t13-/m0/s1. The Morgan fingerprint density at radius 3 is 2.42 bits per heavy atom. The Kier molecular flexibility index (Phi) is 6.48. The first kappa shape index (κ1) is 19.6. The molecular weight excluding hydrogens is 358 g/mol. The molecule has 0 radical (unpaired) electrons. The minimum Gasteiger partial charge on any atom is -0.466 e. The molecule has 0 aromatic heterocycles. The summed E-state index contributed by atoms with van der Waals surface area (Å²) in [6, 6.07) is 14.4. The Morgan fingerprint density at radius 2 is 1.77 bits per heavy atom. The third-order valence-corrected chi connectivity index (χ3v) is 4.91. The number of esters is 2. The Morgan fingerprint density at radius 1 is 1.08 bits per heavy atom. The molecule has 0 saturated carbocycles. The van der Waals surface area contributed by atoms with Crippen LogP contribution in [0.1, 0.15) is 22.8 Å². The average molecular weight is 377 g/mol. The van der Waals surface area contributed by atoms with E-state index in [-0.39, 0.29) is 17.0 Å². The highest BCUT2D eigenvalue weighted by molar-refractivity contribution is 7.89. The van der Waals surface area contributed by atoms with Gasteiger partial charge in [0.15, 0.2) is 6.10 Å². The van der Waals surface area contributed by atoms with Crippen LogP contribution in [0.2, 0.25) is 0 Å². The number of hydrogen-bond donors (Lipinski definition) is 1. The van der Waals surface area contributed by atoms with E-state index in [9.17, 15) is 18.0 Å². The maximum Gasteiger partial charge on any atom is 0.346 e. The van der Waals surface area contributed by atoms with Gasteiger partial charge in [0.05, 0.1) is 17.6 Å². The summed E-state index contributed by atoms with van der Waals surface area (Å²) in [5.74, 6) is -1.52. The van der Waals surface area contributed by atoms with Crippen molar-refractivity contribution in [3.8, 4) is 0 Å². The summed E-state index contributed by atoms with van der Waals surface area (Å²) in [6.45, 7) is 1.49. The maximum absolute atomic E-state index is 12.4. The van der Waals surface area contributed by atoms with Crippen LogP contribution in [-0.2, 0) is 30.8 Å². The number of rotatable bonds is 7. The first-order chi connectivity index (χ1) is 12.3. The predicted molar refractivity (Wildman–Crippen MR) is 93.8 cm³/mol. The van der Waals surface area contributed by atoms with Crippen LogP contribution >= 0.6 is 0 Å². The normalized spacial score (nSPS) is 12.2. The molecule has 1 atom stereocenters. The number of nitrogens with one attached hydrogen (secondary N) is 1. The fourth-order valence-corrected chi connectivity index (χ4v) is 3.15. The summed E-state index contributed by atoms with van der Waals surface area (Å²) in [6.07, 6.45) is -1.09. The zero-order valence-corrected chi connectivity index (χ0v) is 15.2. The highest BCUT2D eigenvalue weighted by Gasteiger charge is 2.21. The minimum absolute atomic E-state index is 0.0170. The number of carbonyl (C=O) groups excluding carboxylic acids is 2. The summed E-state index contributed by atoms with van der Waals surface area (Å²) in [4.78, 5) is 23.3. The zero-order valence-electron chi connectivity index (χ0n) is 14.3. The van der Waals surface area contributed by atoms with Crippen LogP contribution in [0.5, 0.6) is 0 Å². The molecule has 0 aliphatic heterocycles. The van der Waals surface area contributed by atoms with Crippen molar-refractivity contribution in [3.63, 3.8) is 0 Å². The second kappa shape index (κ2) is 8.59. The quantitative estimate of drug-likeness (QED) is 0.740. The second-order valence-corrected chi connectivity index (χ2v) is 7.18.